The Balaban J connectivity index is 1.15. The number of hydrogen-bond acceptors (Lipinski definition) is 11. The molecule has 0 aliphatic carbocycles. The zero-order valence-corrected chi connectivity index (χ0v) is 29.5. The van der Waals surface area contributed by atoms with Crippen molar-refractivity contribution in [2.75, 3.05) is 19.5 Å². The highest BCUT2D eigenvalue weighted by molar-refractivity contribution is 8.05. The Morgan fingerprint density at radius 2 is 1.58 bits per heavy atom. The number of ether oxygens (including phenoxy) is 4. The van der Waals surface area contributed by atoms with Crippen LogP contribution < -0.4 is 20.4 Å². The van der Waals surface area contributed by atoms with E-state index in [-0.39, 0.29) is 17.0 Å². The summed E-state index contributed by atoms with van der Waals surface area (Å²) in [5, 5.41) is 24.6. The molecule has 0 saturated carbocycles. The minimum Gasteiger partial charge on any atom is -0.496 e. The second-order valence-electron chi connectivity index (χ2n) is 12.6. The largest absolute Gasteiger partial charge is 0.496 e. The third-order valence-electron chi connectivity index (χ3n) is 8.90. The number of aryl methyl sites for hydroxylation is 1. The molecule has 4 atom stereocenters. The summed E-state index contributed by atoms with van der Waals surface area (Å²) in [6.45, 7) is 5.16. The van der Waals surface area contributed by atoms with Gasteiger partial charge in [-0.1, -0.05) is 47.8 Å². The Bertz CT molecular complexity index is 2180. The molecular formula is C38H35NO9S2. The molecule has 50 heavy (non-hydrogen) atoms. The first-order valence-electron chi connectivity index (χ1n) is 15.9. The van der Waals surface area contributed by atoms with Crippen LogP contribution in [0.4, 0.5) is 5.69 Å². The van der Waals surface area contributed by atoms with Gasteiger partial charge < -0.3 is 38.9 Å². The smallest absolute Gasteiger partial charge is 0.360 e. The lowest BCUT2D eigenvalue weighted by Crippen LogP contribution is -2.63. The molecule has 1 aromatic heterocycles. The van der Waals surface area contributed by atoms with Crippen molar-refractivity contribution in [2.24, 2.45) is 0 Å². The number of carbonyl (C=O) groups is 1. The van der Waals surface area contributed by atoms with Crippen LogP contribution in [-0.4, -0.2) is 60.5 Å². The summed E-state index contributed by atoms with van der Waals surface area (Å²) in [7, 11) is 3.02. The van der Waals surface area contributed by atoms with Crippen LogP contribution in [0.5, 0.6) is 11.5 Å². The van der Waals surface area contributed by atoms with Crippen LogP contribution in [-0.2, 0) is 9.47 Å². The Morgan fingerprint density at radius 1 is 0.860 bits per heavy atom. The van der Waals surface area contributed by atoms with E-state index in [1.165, 1.54) is 12.0 Å². The number of methoxy groups -OCH3 is 2. The van der Waals surface area contributed by atoms with Crippen LogP contribution in [0.2, 0.25) is 0 Å². The maximum atomic E-state index is 13.6. The van der Waals surface area contributed by atoms with Gasteiger partial charge in [0.2, 0.25) is 6.29 Å². The SMILES string of the molecule is COc1ccc(C(=O)Nc2cc3ccc(O[C@@H]4OC(C)(C)[C@H](OC)[C@@H](O)[C@@H]4O)c(C)c3oc2=O)cc1-c1cccc2c1Sc1ccccc1S2. The van der Waals surface area contributed by atoms with Gasteiger partial charge in [-0.15, -0.1) is 0 Å². The maximum Gasteiger partial charge on any atom is 0.360 e. The van der Waals surface area contributed by atoms with E-state index >= 15 is 0 Å². The van der Waals surface area contributed by atoms with Crippen molar-refractivity contribution >= 4 is 46.1 Å². The molecule has 3 heterocycles. The molecular weight excluding hydrogens is 679 g/mol. The summed E-state index contributed by atoms with van der Waals surface area (Å²) in [4.78, 5) is 31.3. The number of hydrogen-bond donors (Lipinski definition) is 3. The molecule has 1 amide bonds. The number of anilines is 1. The lowest BCUT2D eigenvalue weighted by Gasteiger charge is -2.46. The minimum absolute atomic E-state index is 0.0323. The van der Waals surface area contributed by atoms with Crippen molar-refractivity contribution in [1.82, 2.24) is 0 Å². The Kier molecular flexibility index (Phi) is 9.18. The number of benzene rings is 4. The highest BCUT2D eigenvalue weighted by Gasteiger charge is 2.50. The van der Waals surface area contributed by atoms with E-state index < -0.39 is 41.7 Å². The zero-order chi connectivity index (χ0) is 35.3. The van der Waals surface area contributed by atoms with Gasteiger partial charge in [-0.25, -0.2) is 4.79 Å². The van der Waals surface area contributed by atoms with Gasteiger partial charge in [0.05, 0.1) is 12.7 Å². The van der Waals surface area contributed by atoms with Gasteiger partial charge in [-0.2, -0.15) is 0 Å². The van der Waals surface area contributed by atoms with Gasteiger partial charge >= 0.3 is 5.63 Å². The molecule has 7 rings (SSSR count). The van der Waals surface area contributed by atoms with Gasteiger partial charge in [-0.05, 0) is 75.4 Å². The van der Waals surface area contributed by atoms with Crippen LogP contribution in [0.15, 0.2) is 108 Å². The predicted octanol–water partition coefficient (Wildman–Crippen LogP) is 6.90. The number of aliphatic hydroxyl groups excluding tert-OH is 2. The Morgan fingerprint density at radius 3 is 2.32 bits per heavy atom. The van der Waals surface area contributed by atoms with Crippen LogP contribution in [0.3, 0.4) is 0 Å². The van der Waals surface area contributed by atoms with E-state index in [0.717, 1.165) is 25.8 Å². The van der Waals surface area contributed by atoms with Gasteiger partial charge in [-0.3, -0.25) is 4.79 Å². The van der Waals surface area contributed by atoms with E-state index in [9.17, 15) is 19.8 Å². The molecule has 258 valence electrons. The number of fused-ring (bicyclic) bond motifs is 3. The molecule has 10 nitrogen and oxygen atoms in total. The van der Waals surface area contributed by atoms with Gasteiger partial charge in [0, 0.05) is 54.3 Å². The second kappa shape index (κ2) is 13.4. The highest BCUT2D eigenvalue weighted by Crippen LogP contribution is 2.52. The van der Waals surface area contributed by atoms with E-state index in [0.29, 0.717) is 22.3 Å². The van der Waals surface area contributed by atoms with Crippen LogP contribution >= 0.6 is 23.5 Å². The minimum atomic E-state index is -1.40. The summed E-state index contributed by atoms with van der Waals surface area (Å²) < 4.78 is 28.7. The summed E-state index contributed by atoms with van der Waals surface area (Å²) >= 11 is 3.39. The molecule has 2 aliphatic rings. The average Bonchev–Trinajstić information content (AvgIpc) is 3.10. The normalized spacial score (nSPS) is 20.9. The van der Waals surface area contributed by atoms with Gasteiger partial charge in [0.15, 0.2) is 0 Å². The standard InChI is InChI=1S/C38H35NO9S2/c1-19-25(46-37-31(41)30(40)34(45-5)38(2,3)48-37)15-13-20-18-24(36(43)47-32(19)20)39-35(42)21-14-16-26(44-4)23(17-21)22-9-8-12-29-33(22)50-28-11-7-6-10-27(28)49-29/h6-18,30-31,34,37,40-41H,1-5H3,(H,39,42)/t30-,31-,34+,37+/m0/s1. The van der Waals surface area contributed by atoms with Gasteiger partial charge in [0.1, 0.15) is 41.1 Å². The third-order valence-corrected chi connectivity index (χ3v) is 11.5. The topological polar surface area (TPSA) is 137 Å². The average molecular weight is 714 g/mol. The highest BCUT2D eigenvalue weighted by atomic mass is 32.2. The fourth-order valence-corrected chi connectivity index (χ4v) is 8.76. The first-order valence-corrected chi connectivity index (χ1v) is 17.5. The third kappa shape index (κ3) is 6.16. The molecule has 0 radical (unpaired) electrons. The lowest BCUT2D eigenvalue weighted by molar-refractivity contribution is -0.306. The number of aliphatic hydroxyl groups is 2. The van der Waals surface area contributed by atoms with E-state index in [1.54, 1.807) is 87.8 Å². The van der Waals surface area contributed by atoms with Crippen LogP contribution in [0.25, 0.3) is 22.1 Å². The maximum absolute atomic E-state index is 13.6. The molecule has 12 heteroatoms. The molecule has 1 saturated heterocycles. The van der Waals surface area contributed by atoms with Crippen molar-refractivity contribution in [1.29, 1.82) is 0 Å². The molecule has 0 unspecified atom stereocenters. The second-order valence-corrected chi connectivity index (χ2v) is 14.7. The first kappa shape index (κ1) is 34.2. The Labute approximate surface area is 296 Å². The molecule has 5 aromatic rings. The molecule has 3 N–H and O–H groups in total. The van der Waals surface area contributed by atoms with Crippen molar-refractivity contribution in [3.63, 3.8) is 0 Å². The quantitative estimate of drug-likeness (QED) is 0.149. The number of rotatable bonds is 7. The fourth-order valence-electron chi connectivity index (χ4n) is 6.37. The van der Waals surface area contributed by atoms with Crippen LogP contribution in [0.1, 0.15) is 29.8 Å². The summed E-state index contributed by atoms with van der Waals surface area (Å²) in [5.74, 6) is 0.406. The molecule has 0 bridgehead atoms. The number of nitrogens with one attached hydrogen (secondary N) is 1. The Hall–Kier alpha value is -4.30. The summed E-state index contributed by atoms with van der Waals surface area (Å²) in [6.07, 6.45) is -4.63. The van der Waals surface area contributed by atoms with Crippen molar-refractivity contribution < 1.29 is 38.4 Å². The molecule has 0 spiro atoms. The van der Waals surface area contributed by atoms with Crippen molar-refractivity contribution in [3.05, 3.63) is 100 Å². The summed E-state index contributed by atoms with van der Waals surface area (Å²) in [6, 6.07) is 24.3. The summed E-state index contributed by atoms with van der Waals surface area (Å²) in [5.41, 5.74) is 0.979. The molecule has 2 aliphatic heterocycles. The van der Waals surface area contributed by atoms with Crippen molar-refractivity contribution in [2.45, 2.75) is 70.6 Å². The zero-order valence-electron chi connectivity index (χ0n) is 27.9. The predicted molar refractivity (Wildman–Crippen MR) is 191 cm³/mol. The number of amides is 1. The molecule has 1 fully saturated rings. The van der Waals surface area contributed by atoms with E-state index in [1.807, 2.05) is 24.3 Å². The van der Waals surface area contributed by atoms with Crippen LogP contribution in [0, 0.1) is 6.92 Å². The van der Waals surface area contributed by atoms with Crippen molar-refractivity contribution in [3.8, 4) is 22.6 Å². The first-order chi connectivity index (χ1) is 24.0. The fraction of sp³-hybridized carbons (Fsp3) is 0.263. The van der Waals surface area contributed by atoms with E-state index in [2.05, 4.69) is 23.5 Å². The number of carbonyl (C=O) groups excluding carboxylic acids is 1. The lowest BCUT2D eigenvalue weighted by atomic mass is 9.89. The monoisotopic (exact) mass is 713 g/mol. The van der Waals surface area contributed by atoms with E-state index in [4.69, 9.17) is 23.4 Å². The molecule has 4 aromatic carbocycles. The van der Waals surface area contributed by atoms with Gasteiger partial charge in [0.25, 0.3) is 5.91 Å².